The van der Waals surface area contributed by atoms with Crippen LogP contribution in [0, 0.1) is 0 Å². The van der Waals surface area contributed by atoms with Crippen LogP contribution in [-0.2, 0) is 10.7 Å². The second kappa shape index (κ2) is 7.02. The van der Waals surface area contributed by atoms with Crippen LogP contribution in [0.15, 0.2) is 29.6 Å². The number of likely N-dealkylation sites (N-methyl/N-ethyl adjacent to an activating group) is 1. The van der Waals surface area contributed by atoms with Crippen molar-refractivity contribution in [2.45, 2.75) is 18.8 Å². The van der Waals surface area contributed by atoms with Gasteiger partial charge in [-0.15, -0.1) is 22.9 Å². The number of hydrogen-bond acceptors (Lipinski definition) is 4. The maximum absolute atomic E-state index is 12.1. The van der Waals surface area contributed by atoms with Gasteiger partial charge in [0.1, 0.15) is 5.01 Å². The first kappa shape index (κ1) is 15.9. The van der Waals surface area contributed by atoms with Crippen LogP contribution in [0.25, 0.3) is 10.6 Å². The minimum Gasteiger partial charge on any atom is -0.325 e. The number of carbonyl (C=O) groups excluding carboxylic acids is 1. The van der Waals surface area contributed by atoms with Gasteiger partial charge in [-0.3, -0.25) is 9.69 Å². The van der Waals surface area contributed by atoms with Gasteiger partial charge in [0, 0.05) is 16.6 Å². The van der Waals surface area contributed by atoms with E-state index in [4.69, 9.17) is 11.6 Å². The zero-order chi connectivity index (χ0) is 15.4. The average molecular weight is 324 g/mol. The normalized spacial score (nSPS) is 12.4. The molecule has 0 aliphatic heterocycles. The van der Waals surface area contributed by atoms with Gasteiger partial charge in [0.2, 0.25) is 5.91 Å². The van der Waals surface area contributed by atoms with Gasteiger partial charge in [0.15, 0.2) is 0 Å². The predicted octanol–water partition coefficient (Wildman–Crippen LogP) is 3.44. The third-order valence-corrected chi connectivity index (χ3v) is 4.43. The maximum atomic E-state index is 12.1. The Morgan fingerprint density at radius 2 is 2.24 bits per heavy atom. The standard InChI is InChI=1S/C15H18ClN3OS/c1-10(19(2)3)14(20)17-12-6-4-5-11(7-12)15-18-13(8-16)9-21-15/h4-7,9-10H,8H2,1-3H3,(H,17,20). The molecule has 6 heteroatoms. The molecule has 1 aromatic heterocycles. The number of nitrogens with zero attached hydrogens (tertiary/aromatic N) is 2. The molecule has 0 radical (unpaired) electrons. The van der Waals surface area contributed by atoms with E-state index in [2.05, 4.69) is 10.3 Å². The van der Waals surface area contributed by atoms with E-state index in [1.165, 1.54) is 0 Å². The molecule has 0 saturated heterocycles. The highest BCUT2D eigenvalue weighted by Gasteiger charge is 2.15. The summed E-state index contributed by atoms with van der Waals surface area (Å²) in [6, 6.07) is 7.50. The van der Waals surface area contributed by atoms with Crippen LogP contribution < -0.4 is 5.32 Å². The van der Waals surface area contributed by atoms with Crippen molar-refractivity contribution in [2.75, 3.05) is 19.4 Å². The number of benzene rings is 1. The fourth-order valence-electron chi connectivity index (χ4n) is 1.71. The van der Waals surface area contributed by atoms with Crippen LogP contribution in [0.3, 0.4) is 0 Å². The van der Waals surface area contributed by atoms with E-state index >= 15 is 0 Å². The van der Waals surface area contributed by atoms with Crippen LogP contribution in [0.2, 0.25) is 0 Å². The minimum atomic E-state index is -0.184. The van der Waals surface area contributed by atoms with Gasteiger partial charge in [0.05, 0.1) is 17.6 Å². The third kappa shape index (κ3) is 4.03. The van der Waals surface area contributed by atoms with Gasteiger partial charge in [-0.05, 0) is 33.2 Å². The molecule has 4 nitrogen and oxygen atoms in total. The lowest BCUT2D eigenvalue weighted by Gasteiger charge is -2.19. The topological polar surface area (TPSA) is 45.2 Å². The third-order valence-electron chi connectivity index (χ3n) is 3.22. The zero-order valence-corrected chi connectivity index (χ0v) is 13.8. The molecule has 0 aliphatic rings. The summed E-state index contributed by atoms with van der Waals surface area (Å²) < 4.78 is 0. The fourth-order valence-corrected chi connectivity index (χ4v) is 2.76. The monoisotopic (exact) mass is 323 g/mol. The molecule has 1 aromatic carbocycles. The molecule has 0 fully saturated rings. The molecule has 0 saturated carbocycles. The van der Waals surface area contributed by atoms with E-state index in [1.807, 2.05) is 55.6 Å². The molecule has 2 aromatic rings. The SMILES string of the molecule is CC(C(=O)Nc1cccc(-c2nc(CCl)cs2)c1)N(C)C. The van der Waals surface area contributed by atoms with Crippen LogP contribution >= 0.6 is 22.9 Å². The Kier molecular flexibility index (Phi) is 5.33. The van der Waals surface area contributed by atoms with Crippen LogP contribution in [0.5, 0.6) is 0 Å². The lowest BCUT2D eigenvalue weighted by atomic mass is 10.2. The summed E-state index contributed by atoms with van der Waals surface area (Å²) in [5, 5.41) is 5.78. The van der Waals surface area contributed by atoms with Gasteiger partial charge in [-0.25, -0.2) is 4.98 Å². The van der Waals surface area contributed by atoms with E-state index in [1.54, 1.807) is 11.3 Å². The number of thiazole rings is 1. The molecule has 1 atom stereocenters. The number of carbonyl (C=O) groups is 1. The largest absolute Gasteiger partial charge is 0.325 e. The molecule has 1 heterocycles. The fraction of sp³-hybridized carbons (Fsp3) is 0.333. The molecule has 0 spiro atoms. The molecule has 1 amide bonds. The molecule has 0 bridgehead atoms. The molecule has 1 unspecified atom stereocenters. The summed E-state index contributed by atoms with van der Waals surface area (Å²) in [5.41, 5.74) is 2.62. The Hall–Kier alpha value is -1.43. The smallest absolute Gasteiger partial charge is 0.241 e. The molecule has 0 aliphatic carbocycles. The number of nitrogens with one attached hydrogen (secondary N) is 1. The summed E-state index contributed by atoms with van der Waals surface area (Å²) in [7, 11) is 3.76. The van der Waals surface area contributed by atoms with Crippen LogP contribution in [0.1, 0.15) is 12.6 Å². The number of aromatic nitrogens is 1. The number of alkyl halides is 1. The summed E-state index contributed by atoms with van der Waals surface area (Å²) in [4.78, 5) is 18.4. The van der Waals surface area contributed by atoms with Crippen molar-refractivity contribution in [3.63, 3.8) is 0 Å². The van der Waals surface area contributed by atoms with Crippen molar-refractivity contribution >= 4 is 34.5 Å². The molecular formula is C15H18ClN3OS. The highest BCUT2D eigenvalue weighted by atomic mass is 35.5. The predicted molar refractivity (Wildman–Crippen MR) is 88.9 cm³/mol. The highest BCUT2D eigenvalue weighted by Crippen LogP contribution is 2.26. The number of rotatable bonds is 5. The van der Waals surface area contributed by atoms with Gasteiger partial charge in [-0.1, -0.05) is 12.1 Å². The van der Waals surface area contributed by atoms with Gasteiger partial charge >= 0.3 is 0 Å². The average Bonchev–Trinajstić information content (AvgIpc) is 2.95. The van der Waals surface area contributed by atoms with E-state index in [0.29, 0.717) is 5.88 Å². The maximum Gasteiger partial charge on any atom is 0.241 e. The quantitative estimate of drug-likeness (QED) is 0.857. The first-order chi connectivity index (χ1) is 10.0. The Balaban J connectivity index is 2.16. The van der Waals surface area contributed by atoms with Crippen LogP contribution in [0.4, 0.5) is 5.69 Å². The van der Waals surface area contributed by atoms with Crippen molar-refractivity contribution in [3.8, 4) is 10.6 Å². The number of hydrogen-bond donors (Lipinski definition) is 1. The van der Waals surface area contributed by atoms with Crippen molar-refractivity contribution in [1.82, 2.24) is 9.88 Å². The summed E-state index contributed by atoms with van der Waals surface area (Å²) in [5.74, 6) is 0.380. The lowest BCUT2D eigenvalue weighted by molar-refractivity contribution is -0.119. The van der Waals surface area contributed by atoms with E-state index in [9.17, 15) is 4.79 Å². The van der Waals surface area contributed by atoms with Crippen LogP contribution in [-0.4, -0.2) is 35.9 Å². The Morgan fingerprint density at radius 3 is 2.86 bits per heavy atom. The molecular weight excluding hydrogens is 306 g/mol. The Bertz CT molecular complexity index is 627. The van der Waals surface area contributed by atoms with Crippen molar-refractivity contribution in [1.29, 1.82) is 0 Å². The van der Waals surface area contributed by atoms with Crippen molar-refractivity contribution in [2.24, 2.45) is 0 Å². The molecule has 2 rings (SSSR count). The lowest BCUT2D eigenvalue weighted by Crippen LogP contribution is -2.37. The van der Waals surface area contributed by atoms with E-state index in [0.717, 1.165) is 22.0 Å². The minimum absolute atomic E-state index is 0.0299. The number of anilines is 1. The first-order valence-corrected chi connectivity index (χ1v) is 8.00. The van der Waals surface area contributed by atoms with Crippen molar-refractivity contribution < 1.29 is 4.79 Å². The summed E-state index contributed by atoms with van der Waals surface area (Å²) in [6.45, 7) is 1.87. The Morgan fingerprint density at radius 1 is 1.48 bits per heavy atom. The summed E-state index contributed by atoms with van der Waals surface area (Å²) >= 11 is 7.32. The van der Waals surface area contributed by atoms with E-state index in [-0.39, 0.29) is 11.9 Å². The van der Waals surface area contributed by atoms with Gasteiger partial charge in [-0.2, -0.15) is 0 Å². The van der Waals surface area contributed by atoms with E-state index < -0.39 is 0 Å². The Labute approximate surface area is 133 Å². The summed E-state index contributed by atoms with van der Waals surface area (Å²) in [6.07, 6.45) is 0. The van der Waals surface area contributed by atoms with Gasteiger partial charge in [0.25, 0.3) is 0 Å². The number of halogens is 1. The second-order valence-corrected chi connectivity index (χ2v) is 6.11. The first-order valence-electron chi connectivity index (χ1n) is 6.59. The highest BCUT2D eigenvalue weighted by molar-refractivity contribution is 7.13. The number of amides is 1. The van der Waals surface area contributed by atoms with Gasteiger partial charge < -0.3 is 5.32 Å². The molecule has 112 valence electrons. The molecule has 1 N–H and O–H groups in total. The van der Waals surface area contributed by atoms with Crippen molar-refractivity contribution in [3.05, 3.63) is 35.3 Å². The molecule has 21 heavy (non-hydrogen) atoms. The zero-order valence-electron chi connectivity index (χ0n) is 12.3. The second-order valence-electron chi connectivity index (χ2n) is 4.99.